The minimum Gasteiger partial charge on any atom is -0.478 e. The van der Waals surface area contributed by atoms with Crippen molar-refractivity contribution in [3.63, 3.8) is 0 Å². The Bertz CT molecular complexity index is 1050. The molecule has 4 aromatic rings. The van der Waals surface area contributed by atoms with Gasteiger partial charge in [-0.25, -0.2) is 4.79 Å². The molecule has 2 aromatic carbocycles. The first-order valence-electron chi connectivity index (χ1n) is 7.47. The fraction of sp³-hybridized carbons (Fsp3) is 0. The Kier molecular flexibility index (Phi) is 4.76. The summed E-state index contributed by atoms with van der Waals surface area (Å²) in [6.45, 7) is 0. The van der Waals surface area contributed by atoms with Crippen molar-refractivity contribution in [2.24, 2.45) is 0 Å². The Balaban J connectivity index is 0.000000150. The topological polar surface area (TPSA) is 80.6 Å². The minimum absolute atomic E-state index is 0.677. The lowest BCUT2D eigenvalue weighted by atomic mass is 10.1. The van der Waals surface area contributed by atoms with Gasteiger partial charge >= 0.3 is 5.97 Å². The van der Waals surface area contributed by atoms with E-state index in [1.54, 1.807) is 36.8 Å². The Morgan fingerprint density at radius 3 is 1.96 bits per heavy atom. The molecule has 0 radical (unpaired) electrons. The molecule has 25 heavy (non-hydrogen) atoms. The van der Waals surface area contributed by atoms with Gasteiger partial charge in [-0.1, -0.05) is 24.3 Å². The van der Waals surface area contributed by atoms with Crippen molar-refractivity contribution in [2.45, 2.75) is 0 Å². The summed E-state index contributed by atoms with van der Waals surface area (Å²) in [6.07, 6.45) is 6.67. The molecule has 0 aliphatic rings. The lowest BCUT2D eigenvalue weighted by Crippen LogP contribution is -1.85. The SMILES string of the molecule is O=C(O)C=Cc1cccc2occc12.O=Cc1cccc2occc12. The first kappa shape index (κ1) is 16.3. The number of benzene rings is 2. The van der Waals surface area contributed by atoms with Gasteiger partial charge in [-0.3, -0.25) is 4.79 Å². The van der Waals surface area contributed by atoms with Crippen molar-refractivity contribution < 1.29 is 23.5 Å². The first-order chi connectivity index (χ1) is 12.2. The average molecular weight is 334 g/mol. The summed E-state index contributed by atoms with van der Waals surface area (Å²) in [5.41, 5.74) is 3.04. The standard InChI is InChI=1S/C11H8O3.C9H6O2/c12-11(13)5-4-8-2-1-3-10-9(8)6-7-14-10;10-6-7-2-1-3-9-8(7)4-5-11-9/h1-7H,(H,12,13);1-6H. The van der Waals surface area contributed by atoms with Crippen LogP contribution in [0.25, 0.3) is 28.0 Å². The van der Waals surface area contributed by atoms with Gasteiger partial charge in [0.1, 0.15) is 11.2 Å². The normalized spacial score (nSPS) is 10.7. The second-order valence-electron chi connectivity index (χ2n) is 5.15. The monoisotopic (exact) mass is 334 g/mol. The van der Waals surface area contributed by atoms with Crippen molar-refractivity contribution in [1.29, 1.82) is 0 Å². The molecule has 0 bridgehead atoms. The molecule has 0 atom stereocenters. The highest BCUT2D eigenvalue weighted by Crippen LogP contribution is 2.20. The van der Waals surface area contributed by atoms with E-state index in [-0.39, 0.29) is 0 Å². The zero-order valence-corrected chi connectivity index (χ0v) is 13.1. The van der Waals surface area contributed by atoms with Gasteiger partial charge in [-0.05, 0) is 35.9 Å². The number of aliphatic carboxylic acids is 1. The summed E-state index contributed by atoms with van der Waals surface area (Å²) in [7, 11) is 0. The van der Waals surface area contributed by atoms with E-state index in [0.29, 0.717) is 5.56 Å². The van der Waals surface area contributed by atoms with Crippen molar-refractivity contribution in [2.75, 3.05) is 0 Å². The molecule has 0 aliphatic carbocycles. The molecule has 1 N–H and O–H groups in total. The van der Waals surface area contributed by atoms with E-state index < -0.39 is 5.97 Å². The summed E-state index contributed by atoms with van der Waals surface area (Å²) < 4.78 is 10.3. The maximum absolute atomic E-state index is 10.5. The van der Waals surface area contributed by atoms with Gasteiger partial charge < -0.3 is 13.9 Å². The van der Waals surface area contributed by atoms with E-state index in [2.05, 4.69) is 0 Å². The van der Waals surface area contributed by atoms with E-state index in [1.807, 2.05) is 30.3 Å². The maximum Gasteiger partial charge on any atom is 0.328 e. The zero-order valence-electron chi connectivity index (χ0n) is 13.1. The van der Waals surface area contributed by atoms with Gasteiger partial charge in [0.2, 0.25) is 0 Å². The zero-order chi connectivity index (χ0) is 17.6. The predicted molar refractivity (Wildman–Crippen MR) is 94.5 cm³/mol. The molecular formula is C20H14O5. The van der Waals surface area contributed by atoms with Gasteiger partial charge in [0, 0.05) is 22.4 Å². The van der Waals surface area contributed by atoms with Crippen LogP contribution in [0.3, 0.4) is 0 Å². The molecule has 0 unspecified atom stereocenters. The van der Waals surface area contributed by atoms with Gasteiger partial charge in [0.05, 0.1) is 12.5 Å². The van der Waals surface area contributed by atoms with Crippen molar-refractivity contribution >= 4 is 40.3 Å². The number of aldehydes is 1. The van der Waals surface area contributed by atoms with Crippen molar-refractivity contribution in [1.82, 2.24) is 0 Å². The Labute approximate surface area is 142 Å². The lowest BCUT2D eigenvalue weighted by Gasteiger charge is -1.93. The molecule has 0 saturated carbocycles. The van der Waals surface area contributed by atoms with Gasteiger partial charge in [-0.2, -0.15) is 0 Å². The fourth-order valence-electron chi connectivity index (χ4n) is 2.44. The van der Waals surface area contributed by atoms with Crippen LogP contribution in [0.15, 0.2) is 76.0 Å². The number of rotatable bonds is 3. The average Bonchev–Trinajstić information content (AvgIpc) is 3.29. The Morgan fingerprint density at radius 1 is 0.840 bits per heavy atom. The van der Waals surface area contributed by atoms with E-state index >= 15 is 0 Å². The van der Waals surface area contributed by atoms with Crippen molar-refractivity contribution in [3.8, 4) is 0 Å². The van der Waals surface area contributed by atoms with E-state index in [1.165, 1.54) is 0 Å². The second-order valence-corrected chi connectivity index (χ2v) is 5.15. The van der Waals surface area contributed by atoms with Gasteiger partial charge in [0.15, 0.2) is 6.29 Å². The highest BCUT2D eigenvalue weighted by atomic mass is 16.4. The molecule has 5 heteroatoms. The van der Waals surface area contributed by atoms with Crippen LogP contribution >= 0.6 is 0 Å². The molecule has 4 rings (SSSR count). The van der Waals surface area contributed by atoms with Crippen LogP contribution in [0.4, 0.5) is 0 Å². The number of hydrogen-bond acceptors (Lipinski definition) is 4. The highest BCUT2D eigenvalue weighted by Gasteiger charge is 2.00. The highest BCUT2D eigenvalue weighted by molar-refractivity contribution is 5.95. The molecule has 0 spiro atoms. The molecule has 5 nitrogen and oxygen atoms in total. The number of carboxylic acid groups (broad SMARTS) is 1. The van der Waals surface area contributed by atoms with Crippen molar-refractivity contribution in [3.05, 3.63) is 78.3 Å². The largest absolute Gasteiger partial charge is 0.478 e. The Morgan fingerprint density at radius 2 is 1.40 bits per heavy atom. The predicted octanol–water partition coefficient (Wildman–Crippen LogP) is 4.78. The summed E-state index contributed by atoms with van der Waals surface area (Å²) >= 11 is 0. The van der Waals surface area contributed by atoms with Crippen LogP contribution in [0, 0.1) is 0 Å². The smallest absolute Gasteiger partial charge is 0.328 e. The molecular weight excluding hydrogens is 320 g/mol. The van der Waals surface area contributed by atoms with Crippen LogP contribution in [0.1, 0.15) is 15.9 Å². The van der Waals surface area contributed by atoms with Crippen LogP contribution in [-0.4, -0.2) is 17.4 Å². The molecule has 0 aliphatic heterocycles. The second kappa shape index (κ2) is 7.31. The quantitative estimate of drug-likeness (QED) is 0.431. The van der Waals surface area contributed by atoms with Crippen LogP contribution in [0.2, 0.25) is 0 Å². The third-order valence-corrected chi connectivity index (χ3v) is 3.59. The molecule has 0 amide bonds. The minimum atomic E-state index is -0.953. The number of carbonyl (C=O) groups excluding carboxylic acids is 1. The van der Waals surface area contributed by atoms with E-state index in [0.717, 1.165) is 39.9 Å². The Hall–Kier alpha value is -3.60. The summed E-state index contributed by atoms with van der Waals surface area (Å²) in [5.74, 6) is -0.953. The molecule has 124 valence electrons. The third-order valence-electron chi connectivity index (χ3n) is 3.59. The third kappa shape index (κ3) is 3.67. The summed E-state index contributed by atoms with van der Waals surface area (Å²) in [5, 5.41) is 10.3. The first-order valence-corrected chi connectivity index (χ1v) is 7.47. The van der Waals surface area contributed by atoms with E-state index in [4.69, 9.17) is 13.9 Å². The van der Waals surface area contributed by atoms with Gasteiger partial charge in [-0.15, -0.1) is 0 Å². The number of hydrogen-bond donors (Lipinski definition) is 1. The number of fused-ring (bicyclic) bond motifs is 2. The van der Waals surface area contributed by atoms with Crippen LogP contribution in [-0.2, 0) is 4.79 Å². The molecule has 0 saturated heterocycles. The van der Waals surface area contributed by atoms with Crippen LogP contribution < -0.4 is 0 Å². The lowest BCUT2D eigenvalue weighted by molar-refractivity contribution is -0.131. The molecule has 2 aromatic heterocycles. The number of carbonyl (C=O) groups is 2. The van der Waals surface area contributed by atoms with Gasteiger partial charge in [0.25, 0.3) is 0 Å². The molecule has 2 heterocycles. The van der Waals surface area contributed by atoms with Crippen LogP contribution in [0.5, 0.6) is 0 Å². The number of furan rings is 2. The summed E-state index contributed by atoms with van der Waals surface area (Å²) in [4.78, 5) is 20.8. The van der Waals surface area contributed by atoms with E-state index in [9.17, 15) is 9.59 Å². The molecule has 0 fully saturated rings. The maximum atomic E-state index is 10.5. The summed E-state index contributed by atoms with van der Waals surface area (Å²) in [6, 6.07) is 14.5. The number of carboxylic acids is 1. The fourth-order valence-corrected chi connectivity index (χ4v) is 2.44.